The molecule has 0 amide bonds. The number of Topliss-reactive ketones (excluding diaryl/α,β-unsaturated/α-hetero) is 1. The fraction of sp³-hybridized carbons (Fsp3) is 0.333. The van der Waals surface area contributed by atoms with E-state index < -0.39 is 11.2 Å². The van der Waals surface area contributed by atoms with Crippen LogP contribution in [0, 0.1) is 0 Å². The van der Waals surface area contributed by atoms with Gasteiger partial charge >= 0.3 is 5.69 Å². The number of carbonyl (C=O) groups excluding carboxylic acids is 1. The number of hydrogen-bond acceptors (Lipinski definition) is 5. The molecule has 16 heavy (non-hydrogen) atoms. The lowest BCUT2D eigenvalue weighted by Crippen LogP contribution is -2.37. The highest BCUT2D eigenvalue weighted by atomic mass is 16.2. The first-order chi connectivity index (χ1) is 7.36. The zero-order valence-electron chi connectivity index (χ0n) is 9.22. The second-order valence-corrected chi connectivity index (χ2v) is 3.31. The molecule has 1 aromatic heterocycles. The lowest BCUT2D eigenvalue weighted by atomic mass is 10.4. The zero-order chi connectivity index (χ0) is 12.5. The molecule has 7 nitrogen and oxygen atoms in total. The van der Waals surface area contributed by atoms with E-state index in [0.717, 1.165) is 15.3 Å². The van der Waals surface area contributed by atoms with E-state index in [2.05, 4.69) is 4.99 Å². The van der Waals surface area contributed by atoms with Gasteiger partial charge in [0.15, 0.2) is 11.5 Å². The van der Waals surface area contributed by atoms with E-state index in [4.69, 9.17) is 5.73 Å². The smallest absolute Gasteiger partial charge is 0.332 e. The molecular formula is C9H12N4O3. The molecule has 1 rings (SSSR count). The molecular weight excluding hydrogens is 212 g/mol. The minimum absolute atomic E-state index is 0.0643. The molecule has 1 heterocycles. The minimum Gasteiger partial charge on any atom is -0.383 e. The molecule has 2 N–H and O–H groups in total. The van der Waals surface area contributed by atoms with Crippen molar-refractivity contribution >= 4 is 23.5 Å². The molecule has 86 valence electrons. The Kier molecular flexibility index (Phi) is 3.07. The fourth-order valence-corrected chi connectivity index (χ4v) is 1.12. The van der Waals surface area contributed by atoms with Gasteiger partial charge in [0.2, 0.25) is 0 Å². The normalized spacial score (nSPS) is 10.9. The summed E-state index contributed by atoms with van der Waals surface area (Å²) in [7, 11) is 2.74. The maximum atomic E-state index is 11.6. The average Bonchev–Trinajstić information content (AvgIpc) is 2.23. The largest absolute Gasteiger partial charge is 0.383 e. The molecule has 0 radical (unpaired) electrons. The summed E-state index contributed by atoms with van der Waals surface area (Å²) in [6, 6.07) is 0. The molecule has 0 aromatic carbocycles. The summed E-state index contributed by atoms with van der Waals surface area (Å²) in [5.74, 6) is -0.374. The Morgan fingerprint density at radius 3 is 2.38 bits per heavy atom. The topological polar surface area (TPSA) is 99.4 Å². The van der Waals surface area contributed by atoms with E-state index in [0.29, 0.717) is 0 Å². The van der Waals surface area contributed by atoms with Crippen LogP contribution in [0.3, 0.4) is 0 Å². The van der Waals surface area contributed by atoms with Crippen molar-refractivity contribution in [3.8, 4) is 0 Å². The molecule has 0 aliphatic heterocycles. The first kappa shape index (κ1) is 11.9. The number of carbonyl (C=O) groups is 1. The van der Waals surface area contributed by atoms with Crippen molar-refractivity contribution in [1.29, 1.82) is 0 Å². The highest BCUT2D eigenvalue weighted by Gasteiger charge is 2.11. The molecule has 0 aliphatic rings. The SMILES string of the molecule is CC(=O)C=Nc1c(N)n(C)c(=O)n(C)c1=O. The standard InChI is InChI=1S/C9H12N4O3/c1-5(14)4-11-6-7(10)12(2)9(16)13(3)8(6)15/h4H,10H2,1-3H3. The van der Waals surface area contributed by atoms with Gasteiger partial charge in [0, 0.05) is 21.0 Å². The quantitative estimate of drug-likeness (QED) is 0.648. The number of aromatic nitrogens is 2. The predicted molar refractivity (Wildman–Crippen MR) is 60.2 cm³/mol. The lowest BCUT2D eigenvalue weighted by molar-refractivity contribution is -0.110. The first-order valence-electron chi connectivity index (χ1n) is 4.46. The molecule has 7 heteroatoms. The number of anilines is 1. The number of hydrogen-bond donors (Lipinski definition) is 1. The van der Waals surface area contributed by atoms with Crippen molar-refractivity contribution in [2.45, 2.75) is 6.92 Å². The second kappa shape index (κ2) is 4.13. The number of rotatable bonds is 2. The zero-order valence-corrected chi connectivity index (χ0v) is 9.22. The van der Waals surface area contributed by atoms with Crippen LogP contribution >= 0.6 is 0 Å². The Bertz CT molecular complexity index is 580. The third kappa shape index (κ3) is 1.92. The fourth-order valence-electron chi connectivity index (χ4n) is 1.12. The third-order valence-electron chi connectivity index (χ3n) is 2.06. The summed E-state index contributed by atoms with van der Waals surface area (Å²) in [6.45, 7) is 1.30. The van der Waals surface area contributed by atoms with Gasteiger partial charge in [0.25, 0.3) is 5.56 Å². The summed E-state index contributed by atoms with van der Waals surface area (Å²) >= 11 is 0. The molecule has 0 bridgehead atoms. The van der Waals surface area contributed by atoms with Gasteiger partial charge in [-0.2, -0.15) is 0 Å². The summed E-state index contributed by atoms with van der Waals surface area (Å²) < 4.78 is 1.97. The van der Waals surface area contributed by atoms with E-state index in [-0.39, 0.29) is 17.3 Å². The van der Waals surface area contributed by atoms with Crippen molar-refractivity contribution in [1.82, 2.24) is 9.13 Å². The van der Waals surface area contributed by atoms with Crippen LogP contribution in [0.4, 0.5) is 11.5 Å². The Morgan fingerprint density at radius 2 is 1.88 bits per heavy atom. The van der Waals surface area contributed by atoms with Gasteiger partial charge in [0.1, 0.15) is 5.82 Å². The van der Waals surface area contributed by atoms with Crippen LogP contribution in [0.2, 0.25) is 0 Å². The van der Waals surface area contributed by atoms with E-state index in [9.17, 15) is 14.4 Å². The van der Waals surface area contributed by atoms with Crippen LogP contribution in [-0.4, -0.2) is 21.1 Å². The molecule has 0 aliphatic carbocycles. The highest BCUT2D eigenvalue weighted by Crippen LogP contribution is 2.12. The molecule has 0 saturated heterocycles. The third-order valence-corrected chi connectivity index (χ3v) is 2.06. The Morgan fingerprint density at radius 1 is 1.31 bits per heavy atom. The number of nitrogens with two attached hydrogens (primary N) is 1. The van der Waals surface area contributed by atoms with Crippen LogP contribution < -0.4 is 17.0 Å². The number of aliphatic imine (C=N–C) groups is 1. The molecule has 1 aromatic rings. The van der Waals surface area contributed by atoms with Crippen LogP contribution in [0.1, 0.15) is 6.92 Å². The number of nitrogen functional groups attached to an aromatic ring is 1. The summed E-state index contributed by atoms with van der Waals surface area (Å²) in [5, 5.41) is 0. The van der Waals surface area contributed by atoms with Gasteiger partial charge in [-0.25, -0.2) is 9.79 Å². The Labute approximate surface area is 90.8 Å². The van der Waals surface area contributed by atoms with Crippen LogP contribution in [-0.2, 0) is 18.9 Å². The highest BCUT2D eigenvalue weighted by molar-refractivity contribution is 6.26. The molecule has 0 unspecified atom stereocenters. The lowest BCUT2D eigenvalue weighted by Gasteiger charge is -2.07. The van der Waals surface area contributed by atoms with Crippen LogP contribution in [0.15, 0.2) is 14.6 Å². The number of nitrogens with zero attached hydrogens (tertiary/aromatic N) is 3. The van der Waals surface area contributed by atoms with Crippen LogP contribution in [0.25, 0.3) is 0 Å². The molecule has 0 spiro atoms. The summed E-state index contributed by atoms with van der Waals surface area (Å²) in [4.78, 5) is 37.4. The van der Waals surface area contributed by atoms with E-state index in [1.165, 1.54) is 21.0 Å². The van der Waals surface area contributed by atoms with Gasteiger partial charge in [-0.15, -0.1) is 0 Å². The average molecular weight is 224 g/mol. The predicted octanol–water partition coefficient (Wildman–Crippen LogP) is -1.04. The summed E-state index contributed by atoms with van der Waals surface area (Å²) in [5.41, 5.74) is 4.29. The first-order valence-corrected chi connectivity index (χ1v) is 4.46. The van der Waals surface area contributed by atoms with Gasteiger partial charge in [0.05, 0.1) is 6.21 Å². The van der Waals surface area contributed by atoms with Crippen molar-refractivity contribution in [3.05, 3.63) is 20.8 Å². The van der Waals surface area contributed by atoms with E-state index in [1.807, 2.05) is 0 Å². The van der Waals surface area contributed by atoms with E-state index >= 15 is 0 Å². The Hall–Kier alpha value is -2.18. The summed E-state index contributed by atoms with van der Waals surface area (Å²) in [6.07, 6.45) is 0.984. The molecule has 0 saturated carbocycles. The van der Waals surface area contributed by atoms with Crippen molar-refractivity contribution < 1.29 is 4.79 Å². The molecule has 0 atom stereocenters. The van der Waals surface area contributed by atoms with Crippen molar-refractivity contribution in [2.75, 3.05) is 5.73 Å². The maximum Gasteiger partial charge on any atom is 0.332 e. The van der Waals surface area contributed by atoms with Crippen molar-refractivity contribution in [3.63, 3.8) is 0 Å². The van der Waals surface area contributed by atoms with Gasteiger partial charge < -0.3 is 5.73 Å². The molecule has 0 fully saturated rings. The second-order valence-electron chi connectivity index (χ2n) is 3.31. The van der Waals surface area contributed by atoms with Gasteiger partial charge in [-0.3, -0.25) is 18.7 Å². The monoisotopic (exact) mass is 224 g/mol. The van der Waals surface area contributed by atoms with E-state index in [1.54, 1.807) is 0 Å². The minimum atomic E-state index is -0.627. The Balaban J connectivity index is 3.59. The maximum absolute atomic E-state index is 11.6. The number of ketones is 1. The van der Waals surface area contributed by atoms with Gasteiger partial charge in [-0.05, 0) is 0 Å². The van der Waals surface area contributed by atoms with Crippen LogP contribution in [0.5, 0.6) is 0 Å². The van der Waals surface area contributed by atoms with Crippen molar-refractivity contribution in [2.24, 2.45) is 19.1 Å². The van der Waals surface area contributed by atoms with Gasteiger partial charge in [-0.1, -0.05) is 0 Å².